The van der Waals surface area contributed by atoms with E-state index in [1.54, 1.807) is 0 Å². The molecular formula is C22H41NO4. The number of carbonyl (C=O) groups excluding carboxylic acids is 2. The molecule has 0 heterocycles. The van der Waals surface area contributed by atoms with Gasteiger partial charge in [0.1, 0.15) is 12.4 Å². The fourth-order valence-corrected chi connectivity index (χ4v) is 2.96. The second-order valence-electron chi connectivity index (χ2n) is 7.15. The Morgan fingerprint density at radius 2 is 1.52 bits per heavy atom. The average molecular weight is 384 g/mol. The zero-order valence-electron chi connectivity index (χ0n) is 17.3. The number of carbonyl (C=O) groups is 2. The van der Waals surface area contributed by atoms with Crippen LogP contribution in [0.3, 0.4) is 0 Å². The largest absolute Gasteiger partial charge is 0.458 e. The standard InChI is InChI=1S/C22H41NO4/c1-2-3-4-5-6-7-8-9-10-11-12-13-14-16-21(18-20-26-23)27-22(25)17-15-19-24/h14,16,19,21H,2-13,15,17-18,20,23H2,1H3/b16-14+. The molecule has 0 bridgehead atoms. The molecule has 0 aromatic carbocycles. The lowest BCUT2D eigenvalue weighted by Crippen LogP contribution is -2.19. The number of hydrogen-bond acceptors (Lipinski definition) is 5. The molecule has 0 aliphatic heterocycles. The highest BCUT2D eigenvalue weighted by atomic mass is 16.6. The molecule has 27 heavy (non-hydrogen) atoms. The van der Waals surface area contributed by atoms with Gasteiger partial charge in [-0.05, 0) is 18.9 Å². The van der Waals surface area contributed by atoms with Crippen molar-refractivity contribution in [1.82, 2.24) is 0 Å². The molecule has 1 unspecified atom stereocenters. The lowest BCUT2D eigenvalue weighted by molar-refractivity contribution is -0.148. The first-order chi connectivity index (χ1) is 13.2. The summed E-state index contributed by atoms with van der Waals surface area (Å²) >= 11 is 0. The number of nitrogens with two attached hydrogens (primary N) is 1. The van der Waals surface area contributed by atoms with Crippen LogP contribution in [0.5, 0.6) is 0 Å². The van der Waals surface area contributed by atoms with Gasteiger partial charge in [-0.25, -0.2) is 5.90 Å². The minimum absolute atomic E-state index is 0.121. The number of rotatable bonds is 20. The summed E-state index contributed by atoms with van der Waals surface area (Å²) in [6.07, 6.45) is 20.9. The van der Waals surface area contributed by atoms with Crippen molar-refractivity contribution >= 4 is 12.3 Å². The third-order valence-electron chi connectivity index (χ3n) is 4.59. The Balaban J connectivity index is 3.69. The molecule has 0 aliphatic carbocycles. The summed E-state index contributed by atoms with van der Waals surface area (Å²) in [6.45, 7) is 2.58. The van der Waals surface area contributed by atoms with Crippen molar-refractivity contribution in [3.63, 3.8) is 0 Å². The monoisotopic (exact) mass is 383 g/mol. The molecule has 0 saturated carbocycles. The van der Waals surface area contributed by atoms with Crippen LogP contribution in [0.25, 0.3) is 0 Å². The van der Waals surface area contributed by atoms with Crippen LogP contribution < -0.4 is 5.90 Å². The lowest BCUT2D eigenvalue weighted by Gasteiger charge is -2.13. The van der Waals surface area contributed by atoms with Gasteiger partial charge < -0.3 is 14.4 Å². The van der Waals surface area contributed by atoms with Crippen molar-refractivity contribution in [2.75, 3.05) is 6.61 Å². The van der Waals surface area contributed by atoms with Crippen molar-refractivity contribution in [2.24, 2.45) is 5.90 Å². The molecule has 5 nitrogen and oxygen atoms in total. The number of esters is 1. The molecule has 0 aromatic rings. The van der Waals surface area contributed by atoms with Gasteiger partial charge in [-0.2, -0.15) is 0 Å². The maximum atomic E-state index is 11.6. The molecule has 0 radical (unpaired) electrons. The fourth-order valence-electron chi connectivity index (χ4n) is 2.96. The van der Waals surface area contributed by atoms with E-state index in [2.05, 4.69) is 17.8 Å². The van der Waals surface area contributed by atoms with Gasteiger partial charge in [-0.1, -0.05) is 77.2 Å². The summed E-state index contributed by atoms with van der Waals surface area (Å²) in [5, 5.41) is 0. The first kappa shape index (κ1) is 25.8. The van der Waals surface area contributed by atoms with E-state index in [-0.39, 0.29) is 24.9 Å². The van der Waals surface area contributed by atoms with Crippen LogP contribution in [0.4, 0.5) is 0 Å². The molecule has 158 valence electrons. The van der Waals surface area contributed by atoms with Gasteiger partial charge in [-0.3, -0.25) is 4.79 Å². The molecule has 1 atom stereocenters. The zero-order valence-corrected chi connectivity index (χ0v) is 17.3. The van der Waals surface area contributed by atoms with Gasteiger partial charge in [0.05, 0.1) is 13.0 Å². The highest BCUT2D eigenvalue weighted by Gasteiger charge is 2.11. The van der Waals surface area contributed by atoms with Crippen molar-refractivity contribution in [1.29, 1.82) is 0 Å². The van der Waals surface area contributed by atoms with Gasteiger partial charge in [0.25, 0.3) is 0 Å². The SMILES string of the molecule is CCCCCCCCCCCCC/C=C/C(CCON)OC(=O)CCC=O. The smallest absolute Gasteiger partial charge is 0.306 e. The predicted octanol–water partition coefficient (Wildman–Crippen LogP) is 5.42. The van der Waals surface area contributed by atoms with Crippen LogP contribution in [0.1, 0.15) is 103 Å². The van der Waals surface area contributed by atoms with Crippen LogP contribution in [0.15, 0.2) is 12.2 Å². The van der Waals surface area contributed by atoms with Gasteiger partial charge in [-0.15, -0.1) is 0 Å². The Morgan fingerprint density at radius 1 is 0.926 bits per heavy atom. The second-order valence-corrected chi connectivity index (χ2v) is 7.15. The molecule has 0 rings (SSSR count). The van der Waals surface area contributed by atoms with Crippen LogP contribution in [0, 0.1) is 0 Å². The van der Waals surface area contributed by atoms with Crippen molar-refractivity contribution in [2.45, 2.75) is 109 Å². The van der Waals surface area contributed by atoms with Gasteiger partial charge in [0.15, 0.2) is 0 Å². The Morgan fingerprint density at radius 3 is 2.07 bits per heavy atom. The average Bonchev–Trinajstić information content (AvgIpc) is 2.67. The van der Waals surface area contributed by atoms with E-state index in [4.69, 9.17) is 10.6 Å². The highest BCUT2D eigenvalue weighted by Crippen LogP contribution is 2.12. The third-order valence-corrected chi connectivity index (χ3v) is 4.59. The molecule has 0 fully saturated rings. The summed E-state index contributed by atoms with van der Waals surface area (Å²) in [6, 6.07) is 0. The summed E-state index contributed by atoms with van der Waals surface area (Å²) in [7, 11) is 0. The Kier molecular flexibility index (Phi) is 20.2. The van der Waals surface area contributed by atoms with E-state index in [0.717, 1.165) is 19.1 Å². The van der Waals surface area contributed by atoms with Crippen LogP contribution >= 0.6 is 0 Å². The van der Waals surface area contributed by atoms with Crippen molar-refractivity contribution in [3.8, 4) is 0 Å². The summed E-state index contributed by atoms with van der Waals surface area (Å²) in [5.74, 6) is 4.69. The summed E-state index contributed by atoms with van der Waals surface area (Å²) in [4.78, 5) is 26.5. The van der Waals surface area contributed by atoms with Crippen molar-refractivity contribution in [3.05, 3.63) is 12.2 Å². The molecule has 5 heteroatoms. The molecule has 0 amide bonds. The first-order valence-corrected chi connectivity index (χ1v) is 10.9. The fraction of sp³-hybridized carbons (Fsp3) is 0.818. The van der Waals surface area contributed by atoms with Gasteiger partial charge in [0, 0.05) is 12.8 Å². The van der Waals surface area contributed by atoms with Gasteiger partial charge >= 0.3 is 5.97 Å². The molecule has 0 spiro atoms. The van der Waals surface area contributed by atoms with E-state index < -0.39 is 0 Å². The van der Waals surface area contributed by atoms with E-state index in [1.807, 2.05) is 6.08 Å². The molecule has 0 saturated heterocycles. The number of ether oxygens (including phenoxy) is 1. The zero-order chi connectivity index (χ0) is 20.0. The molecule has 2 N–H and O–H groups in total. The second kappa shape index (κ2) is 21.1. The maximum Gasteiger partial charge on any atom is 0.306 e. The molecular weight excluding hydrogens is 342 g/mol. The first-order valence-electron chi connectivity index (χ1n) is 10.9. The van der Waals surface area contributed by atoms with E-state index in [0.29, 0.717) is 13.0 Å². The number of aldehydes is 1. The van der Waals surface area contributed by atoms with Crippen molar-refractivity contribution < 1.29 is 19.2 Å². The summed E-state index contributed by atoms with van der Waals surface area (Å²) in [5.41, 5.74) is 0. The number of allylic oxidation sites excluding steroid dienone is 1. The Labute approximate surface area is 166 Å². The van der Waals surface area contributed by atoms with Gasteiger partial charge in [0.2, 0.25) is 0 Å². The Hall–Kier alpha value is -1.20. The van der Waals surface area contributed by atoms with Crippen LogP contribution in [0.2, 0.25) is 0 Å². The number of hydrogen-bond donors (Lipinski definition) is 1. The quantitative estimate of drug-likeness (QED) is 0.0999. The van der Waals surface area contributed by atoms with Crippen LogP contribution in [-0.4, -0.2) is 25.0 Å². The van der Waals surface area contributed by atoms with E-state index in [1.165, 1.54) is 64.2 Å². The maximum absolute atomic E-state index is 11.6. The molecule has 0 aromatic heterocycles. The highest BCUT2D eigenvalue weighted by molar-refractivity contribution is 5.72. The van der Waals surface area contributed by atoms with E-state index >= 15 is 0 Å². The van der Waals surface area contributed by atoms with Crippen LogP contribution in [-0.2, 0) is 19.2 Å². The summed E-state index contributed by atoms with van der Waals surface area (Å²) < 4.78 is 5.34. The normalized spacial score (nSPS) is 12.4. The lowest BCUT2D eigenvalue weighted by atomic mass is 10.1. The Bertz CT molecular complexity index is 371. The third kappa shape index (κ3) is 19.4. The molecule has 0 aliphatic rings. The topological polar surface area (TPSA) is 78.6 Å². The van der Waals surface area contributed by atoms with E-state index in [9.17, 15) is 9.59 Å². The minimum atomic E-state index is -0.358. The predicted molar refractivity (Wildman–Crippen MR) is 110 cm³/mol. The number of unbranched alkanes of at least 4 members (excludes halogenated alkanes) is 11. The minimum Gasteiger partial charge on any atom is -0.458 e.